The highest BCUT2D eigenvalue weighted by molar-refractivity contribution is 6.30. The molecule has 1 aliphatic heterocycles. The van der Waals surface area contributed by atoms with Crippen molar-refractivity contribution >= 4 is 17.5 Å². The number of carbonyl (C=O) groups is 1. The molecule has 1 aromatic rings. The van der Waals surface area contributed by atoms with Crippen LogP contribution in [0.4, 0.5) is 8.78 Å². The number of nitrogens with one attached hydrogen (secondary N) is 1. The smallest absolute Gasteiger partial charge is 0.255 e. The van der Waals surface area contributed by atoms with Crippen molar-refractivity contribution in [2.24, 2.45) is 0 Å². The summed E-state index contributed by atoms with van der Waals surface area (Å²) >= 11 is 5.83. The first-order valence-electron chi connectivity index (χ1n) is 5.14. The van der Waals surface area contributed by atoms with Crippen LogP contribution in [0.1, 0.15) is 11.7 Å². The molecular formula is C11H11ClF2N2O. The summed E-state index contributed by atoms with van der Waals surface area (Å²) in [6, 6.07) is 6.83. The fourth-order valence-electron chi connectivity index (χ4n) is 1.87. The summed E-state index contributed by atoms with van der Waals surface area (Å²) in [5, 5.41) is 3.40. The zero-order valence-electron chi connectivity index (χ0n) is 8.87. The van der Waals surface area contributed by atoms with Crippen LogP contribution in [0.5, 0.6) is 0 Å². The molecule has 0 saturated carbocycles. The maximum atomic E-state index is 12.4. The van der Waals surface area contributed by atoms with Crippen molar-refractivity contribution in [1.82, 2.24) is 10.2 Å². The van der Waals surface area contributed by atoms with E-state index in [-0.39, 0.29) is 12.5 Å². The quantitative estimate of drug-likeness (QED) is 0.902. The number of amides is 1. The van der Waals surface area contributed by atoms with Crippen LogP contribution in [0.2, 0.25) is 5.02 Å². The molecule has 1 saturated heterocycles. The van der Waals surface area contributed by atoms with Crippen molar-refractivity contribution in [3.8, 4) is 0 Å². The second kappa shape index (κ2) is 4.98. The van der Waals surface area contributed by atoms with Gasteiger partial charge in [-0.05, 0) is 17.7 Å². The molecule has 92 valence electrons. The maximum absolute atomic E-state index is 12.4. The number of carbonyl (C=O) groups excluding carboxylic acids is 1. The van der Waals surface area contributed by atoms with Gasteiger partial charge in [0.25, 0.3) is 6.43 Å². The molecule has 0 radical (unpaired) electrons. The van der Waals surface area contributed by atoms with Crippen molar-refractivity contribution in [3.63, 3.8) is 0 Å². The highest BCUT2D eigenvalue weighted by atomic mass is 35.5. The molecular weight excluding hydrogens is 250 g/mol. The van der Waals surface area contributed by atoms with Crippen LogP contribution >= 0.6 is 11.6 Å². The minimum absolute atomic E-state index is 0.0733. The Kier molecular flexibility index (Phi) is 3.59. The Labute approximate surface area is 102 Å². The molecule has 0 bridgehead atoms. The first kappa shape index (κ1) is 12.3. The Morgan fingerprint density at radius 1 is 1.53 bits per heavy atom. The zero-order chi connectivity index (χ0) is 12.4. The van der Waals surface area contributed by atoms with E-state index in [0.29, 0.717) is 10.6 Å². The molecule has 1 amide bonds. The fourth-order valence-corrected chi connectivity index (χ4v) is 2.07. The van der Waals surface area contributed by atoms with E-state index >= 15 is 0 Å². The van der Waals surface area contributed by atoms with Crippen molar-refractivity contribution < 1.29 is 13.6 Å². The number of halogens is 3. The minimum atomic E-state index is -2.54. The molecule has 6 heteroatoms. The Hall–Kier alpha value is -1.20. The first-order chi connectivity index (χ1) is 8.08. The van der Waals surface area contributed by atoms with E-state index in [1.54, 1.807) is 24.3 Å². The summed E-state index contributed by atoms with van der Waals surface area (Å²) in [6.45, 7) is -0.493. The van der Waals surface area contributed by atoms with Gasteiger partial charge in [-0.25, -0.2) is 8.78 Å². The van der Waals surface area contributed by atoms with E-state index in [4.69, 9.17) is 11.6 Å². The third-order valence-electron chi connectivity index (χ3n) is 2.58. The predicted molar refractivity (Wildman–Crippen MR) is 59.9 cm³/mol. The zero-order valence-corrected chi connectivity index (χ0v) is 9.62. The Morgan fingerprint density at radius 2 is 2.29 bits per heavy atom. The summed E-state index contributed by atoms with van der Waals surface area (Å²) in [7, 11) is 0. The molecule has 1 fully saturated rings. The topological polar surface area (TPSA) is 32.3 Å². The highest BCUT2D eigenvalue weighted by Crippen LogP contribution is 2.25. The average molecular weight is 261 g/mol. The normalized spacial score (nSPS) is 20.4. The molecule has 1 heterocycles. The fraction of sp³-hybridized carbons (Fsp3) is 0.364. The minimum Gasteiger partial charge on any atom is -0.316 e. The van der Waals surface area contributed by atoms with Crippen LogP contribution in [0.15, 0.2) is 24.3 Å². The SMILES string of the molecule is O=C1CNC(c2cccc(Cl)c2)N1CC(F)F. The van der Waals surface area contributed by atoms with Crippen molar-refractivity contribution in [3.05, 3.63) is 34.9 Å². The summed E-state index contributed by atoms with van der Waals surface area (Å²) in [4.78, 5) is 12.6. The molecule has 2 rings (SSSR count). The lowest BCUT2D eigenvalue weighted by molar-refractivity contribution is -0.130. The molecule has 0 spiro atoms. The number of benzene rings is 1. The summed E-state index contributed by atoms with van der Waals surface area (Å²) < 4.78 is 24.8. The molecule has 1 aromatic carbocycles. The third-order valence-corrected chi connectivity index (χ3v) is 2.81. The summed E-state index contributed by atoms with van der Waals surface area (Å²) in [5.41, 5.74) is 0.712. The molecule has 3 nitrogen and oxygen atoms in total. The molecule has 1 aliphatic rings. The van der Waals surface area contributed by atoms with Gasteiger partial charge in [-0.3, -0.25) is 10.1 Å². The Bertz CT molecular complexity index is 428. The van der Waals surface area contributed by atoms with Gasteiger partial charge in [-0.2, -0.15) is 0 Å². The van der Waals surface area contributed by atoms with Crippen molar-refractivity contribution in [1.29, 1.82) is 0 Å². The third kappa shape index (κ3) is 2.73. The van der Waals surface area contributed by atoms with Crippen LogP contribution in [0.3, 0.4) is 0 Å². The van der Waals surface area contributed by atoms with Gasteiger partial charge in [0.05, 0.1) is 13.1 Å². The van der Waals surface area contributed by atoms with Gasteiger partial charge < -0.3 is 4.90 Å². The molecule has 1 N–H and O–H groups in total. The number of nitrogens with zero attached hydrogens (tertiary/aromatic N) is 1. The van der Waals surface area contributed by atoms with Crippen LogP contribution in [0.25, 0.3) is 0 Å². The number of hydrogen-bond acceptors (Lipinski definition) is 2. The van der Waals surface area contributed by atoms with Crippen molar-refractivity contribution in [2.75, 3.05) is 13.1 Å². The Balaban J connectivity index is 2.22. The summed E-state index contributed by atoms with van der Waals surface area (Å²) in [5.74, 6) is -0.324. The number of hydrogen-bond donors (Lipinski definition) is 1. The molecule has 0 aromatic heterocycles. The molecule has 1 atom stereocenters. The molecule has 17 heavy (non-hydrogen) atoms. The highest BCUT2D eigenvalue weighted by Gasteiger charge is 2.33. The average Bonchev–Trinajstić information content (AvgIpc) is 2.60. The standard InChI is InChI=1S/C11H11ClF2N2O/c12-8-3-1-2-7(4-8)11-15-5-10(17)16(11)6-9(13)14/h1-4,9,11,15H,5-6H2. The van der Waals surface area contributed by atoms with E-state index in [2.05, 4.69) is 5.32 Å². The molecule has 0 aliphatic carbocycles. The van der Waals surface area contributed by atoms with E-state index in [0.717, 1.165) is 4.90 Å². The largest absolute Gasteiger partial charge is 0.316 e. The van der Waals surface area contributed by atoms with E-state index in [9.17, 15) is 13.6 Å². The second-order valence-corrected chi connectivity index (χ2v) is 4.21. The lowest BCUT2D eigenvalue weighted by atomic mass is 10.1. The maximum Gasteiger partial charge on any atom is 0.255 e. The van der Waals surface area contributed by atoms with Crippen molar-refractivity contribution in [2.45, 2.75) is 12.6 Å². The summed E-state index contributed by atoms with van der Waals surface area (Å²) in [6.07, 6.45) is -3.06. The Morgan fingerprint density at radius 3 is 2.94 bits per heavy atom. The monoisotopic (exact) mass is 260 g/mol. The van der Waals surface area contributed by atoms with Crippen LogP contribution in [-0.2, 0) is 4.79 Å². The van der Waals surface area contributed by atoms with E-state index < -0.39 is 19.1 Å². The van der Waals surface area contributed by atoms with Crippen LogP contribution in [0, 0.1) is 0 Å². The number of alkyl halides is 2. The van der Waals surface area contributed by atoms with Gasteiger partial charge >= 0.3 is 0 Å². The van der Waals surface area contributed by atoms with Gasteiger partial charge in [-0.15, -0.1) is 0 Å². The lowest BCUT2D eigenvalue weighted by Crippen LogP contribution is -2.34. The van der Waals surface area contributed by atoms with Gasteiger partial charge in [0, 0.05) is 5.02 Å². The molecule has 1 unspecified atom stereocenters. The second-order valence-electron chi connectivity index (χ2n) is 3.78. The van der Waals surface area contributed by atoms with Gasteiger partial charge in [-0.1, -0.05) is 23.7 Å². The number of rotatable bonds is 3. The van der Waals surface area contributed by atoms with Crippen LogP contribution in [-0.4, -0.2) is 30.3 Å². The lowest BCUT2D eigenvalue weighted by Gasteiger charge is -2.24. The van der Waals surface area contributed by atoms with Gasteiger partial charge in [0.1, 0.15) is 6.17 Å². The van der Waals surface area contributed by atoms with Gasteiger partial charge in [0.15, 0.2) is 0 Å². The first-order valence-corrected chi connectivity index (χ1v) is 5.52. The van der Waals surface area contributed by atoms with Crippen LogP contribution < -0.4 is 5.32 Å². The van der Waals surface area contributed by atoms with E-state index in [1.807, 2.05) is 0 Å². The van der Waals surface area contributed by atoms with E-state index in [1.165, 1.54) is 0 Å². The predicted octanol–water partition coefficient (Wildman–Crippen LogP) is 2.04. The van der Waals surface area contributed by atoms with Gasteiger partial charge in [0.2, 0.25) is 5.91 Å².